The van der Waals surface area contributed by atoms with Crippen LogP contribution in [-0.2, 0) is 0 Å². The lowest BCUT2D eigenvalue weighted by Crippen LogP contribution is -1.81. The van der Waals surface area contributed by atoms with Crippen molar-refractivity contribution in [1.82, 2.24) is 9.97 Å². The first-order valence-corrected chi connectivity index (χ1v) is 9.26. The molecule has 0 aliphatic rings. The Morgan fingerprint density at radius 1 is 0.536 bits per heavy atom. The lowest BCUT2D eigenvalue weighted by atomic mass is 10.1. The highest BCUT2D eigenvalue weighted by Crippen LogP contribution is 2.25. The Kier molecular flexibility index (Phi) is 5.02. The van der Waals surface area contributed by atoms with E-state index in [2.05, 4.69) is 44.2 Å². The molecule has 4 nitrogen and oxygen atoms in total. The molecule has 2 aromatic carbocycles. The standard InChI is InChI=1S/C24H22N4/c1-17-3-9-23(27-17)15-25-21-11-5-19(6-12-21)20-7-13-22(14-8-20)26-16-24-10-4-18(2)28-24/h3-16,27-28H,1-2H3. The first kappa shape index (κ1) is 17.7. The summed E-state index contributed by atoms with van der Waals surface area (Å²) in [6.45, 7) is 4.06. The fourth-order valence-electron chi connectivity index (χ4n) is 2.97. The molecular weight excluding hydrogens is 344 g/mol. The van der Waals surface area contributed by atoms with Gasteiger partial charge in [-0.1, -0.05) is 24.3 Å². The Balaban J connectivity index is 1.44. The van der Waals surface area contributed by atoms with Gasteiger partial charge in [0.2, 0.25) is 0 Å². The van der Waals surface area contributed by atoms with Gasteiger partial charge in [-0.25, -0.2) is 0 Å². The predicted octanol–water partition coefficient (Wildman–Crippen LogP) is 6.13. The van der Waals surface area contributed by atoms with Crippen LogP contribution in [0.1, 0.15) is 22.8 Å². The number of hydrogen-bond acceptors (Lipinski definition) is 2. The molecular formula is C24H22N4. The first-order valence-electron chi connectivity index (χ1n) is 9.26. The van der Waals surface area contributed by atoms with E-state index in [1.807, 2.05) is 74.8 Å². The van der Waals surface area contributed by atoms with Crippen LogP contribution in [0.4, 0.5) is 11.4 Å². The summed E-state index contributed by atoms with van der Waals surface area (Å²) in [4.78, 5) is 15.5. The fourth-order valence-corrected chi connectivity index (χ4v) is 2.97. The molecule has 0 aliphatic heterocycles. The Hall–Kier alpha value is -3.66. The van der Waals surface area contributed by atoms with Crippen LogP contribution in [0.25, 0.3) is 11.1 Å². The van der Waals surface area contributed by atoms with E-state index < -0.39 is 0 Å². The van der Waals surface area contributed by atoms with Crippen molar-refractivity contribution in [2.75, 3.05) is 0 Å². The van der Waals surface area contributed by atoms with Gasteiger partial charge in [-0.15, -0.1) is 0 Å². The molecule has 0 saturated carbocycles. The highest BCUT2D eigenvalue weighted by Gasteiger charge is 1.99. The van der Waals surface area contributed by atoms with Crippen LogP contribution in [0.15, 0.2) is 82.8 Å². The summed E-state index contributed by atoms with van der Waals surface area (Å²) >= 11 is 0. The fraction of sp³-hybridized carbons (Fsp3) is 0.0833. The summed E-state index contributed by atoms with van der Waals surface area (Å²) in [7, 11) is 0. The minimum Gasteiger partial charge on any atom is -0.358 e. The van der Waals surface area contributed by atoms with Crippen molar-refractivity contribution < 1.29 is 0 Å². The van der Waals surface area contributed by atoms with Gasteiger partial charge in [0, 0.05) is 11.4 Å². The maximum Gasteiger partial charge on any atom is 0.0630 e. The molecule has 4 aromatic rings. The zero-order valence-electron chi connectivity index (χ0n) is 16.0. The highest BCUT2D eigenvalue weighted by atomic mass is 14.8. The van der Waals surface area contributed by atoms with Crippen LogP contribution in [0.3, 0.4) is 0 Å². The average Bonchev–Trinajstić information content (AvgIpc) is 3.33. The topological polar surface area (TPSA) is 56.3 Å². The molecule has 2 aromatic heterocycles. The third-order valence-corrected chi connectivity index (χ3v) is 4.48. The van der Waals surface area contributed by atoms with E-state index >= 15 is 0 Å². The van der Waals surface area contributed by atoms with E-state index in [1.165, 1.54) is 0 Å². The number of benzene rings is 2. The van der Waals surface area contributed by atoms with Gasteiger partial charge in [-0.05, 0) is 73.5 Å². The molecule has 2 N–H and O–H groups in total. The van der Waals surface area contributed by atoms with E-state index in [0.717, 1.165) is 45.3 Å². The van der Waals surface area contributed by atoms with Gasteiger partial charge >= 0.3 is 0 Å². The molecule has 0 aliphatic carbocycles. The Labute approximate surface area is 164 Å². The number of aryl methyl sites for hydroxylation is 2. The van der Waals surface area contributed by atoms with Crippen LogP contribution < -0.4 is 0 Å². The van der Waals surface area contributed by atoms with E-state index in [1.54, 1.807) is 0 Å². The van der Waals surface area contributed by atoms with E-state index in [-0.39, 0.29) is 0 Å². The van der Waals surface area contributed by atoms with Crippen molar-refractivity contribution >= 4 is 23.8 Å². The SMILES string of the molecule is Cc1ccc(C=Nc2ccc(-c3ccc(N=Cc4ccc(C)[nH]4)cc3)cc2)[nH]1. The average molecular weight is 366 g/mol. The molecule has 4 heteroatoms. The van der Waals surface area contributed by atoms with Gasteiger partial charge in [0.1, 0.15) is 0 Å². The molecule has 0 spiro atoms. The molecule has 0 atom stereocenters. The minimum atomic E-state index is 0.929. The second-order valence-electron chi connectivity index (χ2n) is 6.80. The Morgan fingerprint density at radius 3 is 1.25 bits per heavy atom. The Bertz CT molecular complexity index is 1020. The second-order valence-corrected chi connectivity index (χ2v) is 6.80. The van der Waals surface area contributed by atoms with Crippen LogP contribution in [0, 0.1) is 13.8 Å². The number of aromatic amines is 2. The van der Waals surface area contributed by atoms with Crippen molar-refractivity contribution in [3.8, 4) is 11.1 Å². The van der Waals surface area contributed by atoms with Crippen molar-refractivity contribution in [1.29, 1.82) is 0 Å². The van der Waals surface area contributed by atoms with Gasteiger partial charge in [0.15, 0.2) is 0 Å². The smallest absolute Gasteiger partial charge is 0.0630 e. The molecule has 0 fully saturated rings. The molecule has 0 radical (unpaired) electrons. The third kappa shape index (κ3) is 4.35. The minimum absolute atomic E-state index is 0.929. The number of aromatic nitrogens is 2. The second kappa shape index (κ2) is 7.92. The largest absolute Gasteiger partial charge is 0.358 e. The molecule has 0 bridgehead atoms. The molecule has 2 heterocycles. The molecule has 4 rings (SSSR count). The van der Waals surface area contributed by atoms with E-state index in [0.29, 0.717) is 0 Å². The van der Waals surface area contributed by atoms with E-state index in [4.69, 9.17) is 0 Å². The van der Waals surface area contributed by atoms with E-state index in [9.17, 15) is 0 Å². The lowest BCUT2D eigenvalue weighted by Gasteiger charge is -2.03. The van der Waals surface area contributed by atoms with Gasteiger partial charge in [0.05, 0.1) is 35.2 Å². The molecule has 0 unspecified atom stereocenters. The first-order chi connectivity index (χ1) is 13.7. The van der Waals surface area contributed by atoms with Crippen molar-refractivity contribution in [2.24, 2.45) is 9.98 Å². The van der Waals surface area contributed by atoms with Crippen LogP contribution in [0.2, 0.25) is 0 Å². The number of nitrogens with one attached hydrogen (secondary N) is 2. The molecule has 138 valence electrons. The summed E-state index contributed by atoms with van der Waals surface area (Å²) < 4.78 is 0. The number of H-pyrrole nitrogens is 2. The number of hydrogen-bond donors (Lipinski definition) is 2. The summed E-state index contributed by atoms with van der Waals surface area (Å²) in [5, 5.41) is 0. The van der Waals surface area contributed by atoms with Crippen LogP contribution >= 0.6 is 0 Å². The monoisotopic (exact) mass is 366 g/mol. The Morgan fingerprint density at radius 2 is 0.929 bits per heavy atom. The zero-order chi connectivity index (χ0) is 19.3. The van der Waals surface area contributed by atoms with Gasteiger partial charge in [-0.3, -0.25) is 9.98 Å². The quantitative estimate of drug-likeness (QED) is 0.399. The predicted molar refractivity (Wildman–Crippen MR) is 117 cm³/mol. The zero-order valence-corrected chi connectivity index (χ0v) is 16.0. The lowest BCUT2D eigenvalue weighted by molar-refractivity contribution is 1.25. The number of aliphatic imine (C=N–C) groups is 2. The van der Waals surface area contributed by atoms with Crippen LogP contribution in [0.5, 0.6) is 0 Å². The van der Waals surface area contributed by atoms with Gasteiger partial charge in [0.25, 0.3) is 0 Å². The van der Waals surface area contributed by atoms with Crippen LogP contribution in [-0.4, -0.2) is 22.4 Å². The number of nitrogens with zero attached hydrogens (tertiary/aromatic N) is 2. The van der Waals surface area contributed by atoms with Crippen molar-refractivity contribution in [2.45, 2.75) is 13.8 Å². The number of rotatable bonds is 5. The molecule has 28 heavy (non-hydrogen) atoms. The highest BCUT2D eigenvalue weighted by molar-refractivity contribution is 5.81. The molecule has 0 amide bonds. The van der Waals surface area contributed by atoms with Gasteiger partial charge < -0.3 is 9.97 Å². The van der Waals surface area contributed by atoms with Crippen molar-refractivity contribution in [3.63, 3.8) is 0 Å². The normalized spacial score (nSPS) is 11.6. The summed E-state index contributed by atoms with van der Waals surface area (Å²) in [6.07, 6.45) is 3.70. The maximum absolute atomic E-state index is 4.52. The van der Waals surface area contributed by atoms with Gasteiger partial charge in [-0.2, -0.15) is 0 Å². The summed E-state index contributed by atoms with van der Waals surface area (Å²) in [5.41, 5.74) is 8.45. The summed E-state index contributed by atoms with van der Waals surface area (Å²) in [6, 6.07) is 24.6. The maximum atomic E-state index is 4.52. The summed E-state index contributed by atoms with van der Waals surface area (Å²) in [5.74, 6) is 0. The molecule has 0 saturated heterocycles. The van der Waals surface area contributed by atoms with Crippen molar-refractivity contribution in [3.05, 3.63) is 95.6 Å². The third-order valence-electron chi connectivity index (χ3n) is 4.48.